The summed E-state index contributed by atoms with van der Waals surface area (Å²) >= 11 is 0. The van der Waals surface area contributed by atoms with Crippen LogP contribution >= 0.6 is 0 Å². The van der Waals surface area contributed by atoms with Gasteiger partial charge in [-0.15, -0.1) is 0 Å². The van der Waals surface area contributed by atoms with Gasteiger partial charge in [-0.3, -0.25) is 0 Å². The molecule has 3 rings (SSSR count). The van der Waals surface area contributed by atoms with Crippen LogP contribution < -0.4 is 10.2 Å². The number of nitrogens with one attached hydrogen (secondary N) is 1. The fourth-order valence-electron chi connectivity index (χ4n) is 3.55. The van der Waals surface area contributed by atoms with Crippen LogP contribution in [-0.4, -0.2) is 19.6 Å². The number of hydrogen-bond acceptors (Lipinski definition) is 2. The van der Waals surface area contributed by atoms with E-state index in [1.165, 1.54) is 33.5 Å². The van der Waals surface area contributed by atoms with Gasteiger partial charge in [0.15, 0.2) is 0 Å². The molecule has 1 aliphatic rings. The maximum absolute atomic E-state index is 3.68. The van der Waals surface area contributed by atoms with Crippen molar-refractivity contribution >= 4 is 5.69 Å². The Labute approximate surface area is 134 Å². The number of benzene rings is 2. The minimum absolute atomic E-state index is 0.410. The first-order valence-electron chi connectivity index (χ1n) is 8.16. The predicted octanol–water partition coefficient (Wildman–Crippen LogP) is 4.07. The minimum Gasteiger partial charge on any atom is -0.368 e. The summed E-state index contributed by atoms with van der Waals surface area (Å²) in [5.41, 5.74) is 8.15. The van der Waals surface area contributed by atoms with Crippen LogP contribution in [-0.2, 0) is 0 Å². The smallest absolute Gasteiger partial charge is 0.0499 e. The highest BCUT2D eigenvalue weighted by atomic mass is 15.2. The summed E-state index contributed by atoms with van der Waals surface area (Å²) in [5, 5.41) is 3.68. The number of aryl methyl sites for hydroxylation is 4. The molecule has 0 saturated carbocycles. The normalized spacial score (nSPS) is 18.5. The Morgan fingerprint density at radius 3 is 1.95 bits per heavy atom. The van der Waals surface area contributed by atoms with Crippen LogP contribution in [0.5, 0.6) is 0 Å². The lowest BCUT2D eigenvalue weighted by Crippen LogP contribution is -2.46. The Balaban J connectivity index is 1.84. The van der Waals surface area contributed by atoms with Crippen LogP contribution in [0.25, 0.3) is 0 Å². The molecule has 1 unspecified atom stereocenters. The summed E-state index contributed by atoms with van der Waals surface area (Å²) in [6, 6.07) is 14.1. The van der Waals surface area contributed by atoms with E-state index in [1.54, 1.807) is 0 Å². The molecule has 0 aromatic heterocycles. The van der Waals surface area contributed by atoms with Crippen molar-refractivity contribution in [3.05, 3.63) is 64.2 Å². The molecule has 0 bridgehead atoms. The molecule has 0 radical (unpaired) electrons. The number of hydrogen-bond donors (Lipinski definition) is 1. The molecular formula is C20H26N2. The van der Waals surface area contributed by atoms with Crippen molar-refractivity contribution in [3.8, 4) is 0 Å². The summed E-state index contributed by atoms with van der Waals surface area (Å²) in [7, 11) is 0. The first-order chi connectivity index (χ1) is 10.5. The van der Waals surface area contributed by atoms with Crippen molar-refractivity contribution in [1.29, 1.82) is 0 Å². The Kier molecular flexibility index (Phi) is 4.21. The van der Waals surface area contributed by atoms with Gasteiger partial charge >= 0.3 is 0 Å². The summed E-state index contributed by atoms with van der Waals surface area (Å²) in [6.45, 7) is 11.9. The van der Waals surface area contributed by atoms with E-state index in [-0.39, 0.29) is 0 Å². The molecule has 2 aromatic rings. The van der Waals surface area contributed by atoms with E-state index in [2.05, 4.69) is 74.3 Å². The van der Waals surface area contributed by atoms with Gasteiger partial charge in [-0.05, 0) is 56.5 Å². The van der Waals surface area contributed by atoms with Crippen LogP contribution in [0.3, 0.4) is 0 Å². The van der Waals surface area contributed by atoms with Crippen LogP contribution in [0, 0.1) is 27.7 Å². The lowest BCUT2D eigenvalue weighted by atomic mass is 9.99. The van der Waals surface area contributed by atoms with Crippen molar-refractivity contribution in [3.63, 3.8) is 0 Å². The first-order valence-corrected chi connectivity index (χ1v) is 8.16. The standard InChI is InChI=1S/C20H26N2/c1-14-7-15(2)10-18(9-14)20-13-22(6-5-21-20)19-11-16(3)8-17(4)12-19/h7-12,20-21H,5-6,13H2,1-4H3. The van der Waals surface area contributed by atoms with Gasteiger partial charge in [-0.1, -0.05) is 35.4 Å². The number of anilines is 1. The molecule has 116 valence electrons. The maximum Gasteiger partial charge on any atom is 0.0499 e. The van der Waals surface area contributed by atoms with E-state index in [0.29, 0.717) is 6.04 Å². The Morgan fingerprint density at radius 2 is 1.36 bits per heavy atom. The maximum atomic E-state index is 3.68. The fraction of sp³-hybridized carbons (Fsp3) is 0.400. The van der Waals surface area contributed by atoms with Crippen LogP contribution in [0.4, 0.5) is 5.69 Å². The second-order valence-electron chi connectivity index (χ2n) is 6.72. The lowest BCUT2D eigenvalue weighted by Gasteiger charge is -2.36. The zero-order valence-electron chi connectivity index (χ0n) is 14.1. The highest BCUT2D eigenvalue weighted by Gasteiger charge is 2.21. The van der Waals surface area contributed by atoms with Gasteiger partial charge in [0.2, 0.25) is 0 Å². The van der Waals surface area contributed by atoms with Gasteiger partial charge in [0.1, 0.15) is 0 Å². The SMILES string of the molecule is Cc1cc(C)cc(C2CN(c3cc(C)cc(C)c3)CCN2)c1. The van der Waals surface area contributed by atoms with E-state index in [0.717, 1.165) is 19.6 Å². The second kappa shape index (κ2) is 6.13. The van der Waals surface area contributed by atoms with E-state index < -0.39 is 0 Å². The van der Waals surface area contributed by atoms with Gasteiger partial charge in [0.05, 0.1) is 0 Å². The van der Waals surface area contributed by atoms with Crippen LogP contribution in [0.2, 0.25) is 0 Å². The molecular weight excluding hydrogens is 268 g/mol. The van der Waals surface area contributed by atoms with E-state index in [9.17, 15) is 0 Å². The number of nitrogens with zero attached hydrogens (tertiary/aromatic N) is 1. The van der Waals surface area contributed by atoms with E-state index >= 15 is 0 Å². The average Bonchev–Trinajstić information content (AvgIpc) is 2.45. The van der Waals surface area contributed by atoms with Crippen LogP contribution in [0.1, 0.15) is 33.9 Å². The molecule has 1 fully saturated rings. The van der Waals surface area contributed by atoms with Crippen molar-refractivity contribution in [2.24, 2.45) is 0 Å². The van der Waals surface area contributed by atoms with Gasteiger partial charge in [-0.2, -0.15) is 0 Å². The van der Waals surface area contributed by atoms with Gasteiger partial charge in [0.25, 0.3) is 0 Å². The summed E-state index contributed by atoms with van der Waals surface area (Å²) in [5.74, 6) is 0. The monoisotopic (exact) mass is 294 g/mol. The van der Waals surface area contributed by atoms with Crippen LogP contribution in [0.15, 0.2) is 36.4 Å². The Hall–Kier alpha value is -1.80. The highest BCUT2D eigenvalue weighted by molar-refractivity contribution is 5.52. The zero-order valence-corrected chi connectivity index (χ0v) is 14.1. The molecule has 0 amide bonds. The molecule has 2 aromatic carbocycles. The topological polar surface area (TPSA) is 15.3 Å². The van der Waals surface area contributed by atoms with E-state index in [1.807, 2.05) is 0 Å². The number of rotatable bonds is 2. The molecule has 2 nitrogen and oxygen atoms in total. The van der Waals surface area contributed by atoms with Gasteiger partial charge in [0, 0.05) is 31.4 Å². The lowest BCUT2D eigenvalue weighted by molar-refractivity contribution is 0.471. The number of piperazine rings is 1. The third-order valence-electron chi connectivity index (χ3n) is 4.39. The zero-order chi connectivity index (χ0) is 15.7. The summed E-state index contributed by atoms with van der Waals surface area (Å²) in [6.07, 6.45) is 0. The molecule has 0 aliphatic carbocycles. The molecule has 0 spiro atoms. The van der Waals surface area contributed by atoms with Gasteiger partial charge < -0.3 is 10.2 Å². The van der Waals surface area contributed by atoms with Crippen molar-refractivity contribution < 1.29 is 0 Å². The van der Waals surface area contributed by atoms with Crippen molar-refractivity contribution in [2.75, 3.05) is 24.5 Å². The molecule has 2 heteroatoms. The molecule has 1 aliphatic heterocycles. The predicted molar refractivity (Wildman–Crippen MR) is 94.8 cm³/mol. The van der Waals surface area contributed by atoms with Gasteiger partial charge in [-0.25, -0.2) is 0 Å². The Morgan fingerprint density at radius 1 is 0.818 bits per heavy atom. The molecule has 1 saturated heterocycles. The molecule has 1 heterocycles. The largest absolute Gasteiger partial charge is 0.368 e. The second-order valence-corrected chi connectivity index (χ2v) is 6.72. The average molecular weight is 294 g/mol. The third kappa shape index (κ3) is 3.33. The highest BCUT2D eigenvalue weighted by Crippen LogP contribution is 2.25. The Bertz CT molecular complexity index is 577. The summed E-state index contributed by atoms with van der Waals surface area (Å²) in [4.78, 5) is 2.51. The van der Waals surface area contributed by atoms with E-state index in [4.69, 9.17) is 0 Å². The van der Waals surface area contributed by atoms with Crippen molar-refractivity contribution in [1.82, 2.24) is 5.32 Å². The first kappa shape index (κ1) is 15.1. The molecule has 1 N–H and O–H groups in total. The summed E-state index contributed by atoms with van der Waals surface area (Å²) < 4.78 is 0. The minimum atomic E-state index is 0.410. The quantitative estimate of drug-likeness (QED) is 0.898. The molecule has 1 atom stereocenters. The third-order valence-corrected chi connectivity index (χ3v) is 4.39. The van der Waals surface area contributed by atoms with Crippen molar-refractivity contribution in [2.45, 2.75) is 33.7 Å². The fourth-order valence-corrected chi connectivity index (χ4v) is 3.55. The molecule has 22 heavy (non-hydrogen) atoms.